The van der Waals surface area contributed by atoms with E-state index >= 15 is 0 Å². The molecule has 1 heterocycles. The zero-order chi connectivity index (χ0) is 12.7. The lowest BCUT2D eigenvalue weighted by molar-refractivity contribution is 0.102. The summed E-state index contributed by atoms with van der Waals surface area (Å²) < 4.78 is 0. The lowest BCUT2D eigenvalue weighted by Gasteiger charge is -2.33. The molecule has 0 saturated heterocycles. The lowest BCUT2D eigenvalue weighted by atomic mass is 10.2. The molecule has 17 heavy (non-hydrogen) atoms. The van der Waals surface area contributed by atoms with Crippen LogP contribution in [0.3, 0.4) is 0 Å². The van der Waals surface area contributed by atoms with Gasteiger partial charge in [-0.1, -0.05) is 39.5 Å². The third kappa shape index (κ3) is 4.21. The first-order valence-corrected chi connectivity index (χ1v) is 7.28. The van der Waals surface area contributed by atoms with E-state index in [0.717, 1.165) is 6.54 Å². The molecule has 0 fully saturated rings. The summed E-state index contributed by atoms with van der Waals surface area (Å²) in [6.07, 6.45) is 10.2. The lowest BCUT2D eigenvalue weighted by Crippen LogP contribution is -2.43. The molecular weight excluding hydrogens is 210 g/mol. The molecule has 0 bridgehead atoms. The van der Waals surface area contributed by atoms with Gasteiger partial charge in [0.15, 0.2) is 0 Å². The molecular formula is C14H29N3. The van der Waals surface area contributed by atoms with Crippen molar-refractivity contribution in [3.05, 3.63) is 0 Å². The van der Waals surface area contributed by atoms with Gasteiger partial charge in [0.1, 0.15) is 12.5 Å². The summed E-state index contributed by atoms with van der Waals surface area (Å²) in [6, 6.07) is 0.552. The predicted molar refractivity (Wildman–Crippen MR) is 75.0 cm³/mol. The molecule has 1 rings (SSSR count). The highest BCUT2D eigenvalue weighted by molar-refractivity contribution is 5.57. The van der Waals surface area contributed by atoms with Gasteiger partial charge in [-0.2, -0.15) is 5.10 Å². The fraction of sp³-hybridized carbons (Fsp3) is 0.929. The molecule has 1 atom stereocenters. The zero-order valence-corrected chi connectivity index (χ0v) is 12.0. The van der Waals surface area contributed by atoms with Gasteiger partial charge in [0.2, 0.25) is 0 Å². The minimum Gasteiger partial charge on any atom is -0.337 e. The first kappa shape index (κ1) is 14.3. The second kappa shape index (κ2) is 7.57. The molecule has 3 nitrogen and oxygen atoms in total. The maximum atomic E-state index is 4.57. The monoisotopic (exact) mass is 239 g/mol. The van der Waals surface area contributed by atoms with Crippen molar-refractivity contribution in [2.45, 2.75) is 78.4 Å². The van der Waals surface area contributed by atoms with Crippen molar-refractivity contribution in [2.75, 3.05) is 6.54 Å². The van der Waals surface area contributed by atoms with Crippen LogP contribution in [0, 0.1) is 0 Å². The standard InChI is InChI=1S/C14H29N3/c1-5-7-8-9-11-17-14(10-6-2)16(12-15-17)13(3)4/h12-14H,5-11H2,1-4H3. The Morgan fingerprint density at radius 1 is 1.12 bits per heavy atom. The van der Waals surface area contributed by atoms with Crippen molar-refractivity contribution in [3.8, 4) is 0 Å². The quantitative estimate of drug-likeness (QED) is 0.602. The molecule has 0 radical (unpaired) electrons. The SMILES string of the molecule is CCCCCCN1N=CN(C(C)C)C1CCC. The largest absolute Gasteiger partial charge is 0.337 e. The number of hydrogen-bond acceptors (Lipinski definition) is 3. The van der Waals surface area contributed by atoms with Crippen LogP contribution in [-0.2, 0) is 0 Å². The Labute approximate surface area is 107 Å². The summed E-state index contributed by atoms with van der Waals surface area (Å²) in [6.45, 7) is 10.1. The topological polar surface area (TPSA) is 18.8 Å². The zero-order valence-electron chi connectivity index (χ0n) is 12.0. The van der Waals surface area contributed by atoms with E-state index < -0.39 is 0 Å². The van der Waals surface area contributed by atoms with Crippen LogP contribution in [0.5, 0.6) is 0 Å². The maximum absolute atomic E-state index is 4.57. The Bertz CT molecular complexity index is 226. The van der Waals surface area contributed by atoms with Crippen LogP contribution in [0.25, 0.3) is 0 Å². The number of hydrogen-bond donors (Lipinski definition) is 0. The summed E-state index contributed by atoms with van der Waals surface area (Å²) in [5.74, 6) is 0. The van der Waals surface area contributed by atoms with Gasteiger partial charge in [0.05, 0.1) is 0 Å². The predicted octanol–water partition coefficient (Wildman–Crippen LogP) is 3.66. The number of rotatable bonds is 8. The molecule has 100 valence electrons. The van der Waals surface area contributed by atoms with Gasteiger partial charge in [0, 0.05) is 12.6 Å². The second-order valence-corrected chi connectivity index (χ2v) is 5.26. The van der Waals surface area contributed by atoms with Crippen molar-refractivity contribution in [3.63, 3.8) is 0 Å². The Morgan fingerprint density at radius 2 is 1.88 bits per heavy atom. The third-order valence-electron chi connectivity index (χ3n) is 3.41. The van der Waals surface area contributed by atoms with Crippen molar-refractivity contribution in [1.82, 2.24) is 9.91 Å². The summed E-state index contributed by atoms with van der Waals surface area (Å²) >= 11 is 0. The minimum absolute atomic E-state index is 0.502. The highest BCUT2D eigenvalue weighted by Gasteiger charge is 2.27. The molecule has 0 aromatic heterocycles. The van der Waals surface area contributed by atoms with E-state index in [1.54, 1.807) is 0 Å². The van der Waals surface area contributed by atoms with Gasteiger partial charge in [0.25, 0.3) is 0 Å². The fourth-order valence-electron chi connectivity index (χ4n) is 2.37. The molecule has 0 N–H and O–H groups in total. The first-order valence-electron chi connectivity index (χ1n) is 7.28. The van der Waals surface area contributed by atoms with Crippen LogP contribution in [-0.4, -0.2) is 35.0 Å². The van der Waals surface area contributed by atoms with E-state index in [2.05, 4.69) is 42.7 Å². The average molecular weight is 239 g/mol. The Hall–Kier alpha value is -0.730. The van der Waals surface area contributed by atoms with Crippen LogP contribution in [0.2, 0.25) is 0 Å². The van der Waals surface area contributed by atoms with E-state index in [1.165, 1.54) is 38.5 Å². The van der Waals surface area contributed by atoms with Crippen LogP contribution in [0.15, 0.2) is 5.10 Å². The fourth-order valence-corrected chi connectivity index (χ4v) is 2.37. The summed E-state index contributed by atoms with van der Waals surface area (Å²) in [7, 11) is 0. The normalized spacial score (nSPS) is 19.7. The Balaban J connectivity index is 2.40. The first-order chi connectivity index (χ1) is 8.20. The van der Waals surface area contributed by atoms with E-state index in [1.807, 2.05) is 6.34 Å². The van der Waals surface area contributed by atoms with E-state index in [0.29, 0.717) is 12.2 Å². The Kier molecular flexibility index (Phi) is 6.38. The summed E-state index contributed by atoms with van der Waals surface area (Å²) in [5, 5.41) is 6.86. The van der Waals surface area contributed by atoms with Crippen molar-refractivity contribution >= 4 is 6.34 Å². The van der Waals surface area contributed by atoms with Gasteiger partial charge in [-0.3, -0.25) is 5.01 Å². The highest BCUT2D eigenvalue weighted by Crippen LogP contribution is 2.20. The van der Waals surface area contributed by atoms with E-state index in [4.69, 9.17) is 0 Å². The summed E-state index contributed by atoms with van der Waals surface area (Å²) in [5.41, 5.74) is 0. The molecule has 3 heteroatoms. The summed E-state index contributed by atoms with van der Waals surface area (Å²) in [4.78, 5) is 2.39. The average Bonchev–Trinajstić information content (AvgIpc) is 2.69. The molecule has 0 saturated carbocycles. The van der Waals surface area contributed by atoms with Crippen LogP contribution in [0.1, 0.15) is 66.2 Å². The van der Waals surface area contributed by atoms with Gasteiger partial charge in [-0.25, -0.2) is 0 Å². The molecule has 0 spiro atoms. The van der Waals surface area contributed by atoms with Gasteiger partial charge >= 0.3 is 0 Å². The smallest absolute Gasteiger partial charge is 0.119 e. The molecule has 1 unspecified atom stereocenters. The van der Waals surface area contributed by atoms with Crippen LogP contribution < -0.4 is 0 Å². The van der Waals surface area contributed by atoms with Gasteiger partial charge in [-0.15, -0.1) is 0 Å². The maximum Gasteiger partial charge on any atom is 0.119 e. The number of hydrazone groups is 1. The molecule has 0 aromatic rings. The minimum atomic E-state index is 0.502. The third-order valence-corrected chi connectivity index (χ3v) is 3.41. The second-order valence-electron chi connectivity index (χ2n) is 5.26. The molecule has 1 aliphatic heterocycles. The number of unbranched alkanes of at least 4 members (excludes halogenated alkanes) is 3. The van der Waals surface area contributed by atoms with Gasteiger partial charge < -0.3 is 4.90 Å². The molecule has 0 aromatic carbocycles. The van der Waals surface area contributed by atoms with Gasteiger partial charge in [-0.05, 0) is 26.7 Å². The van der Waals surface area contributed by atoms with Crippen molar-refractivity contribution < 1.29 is 0 Å². The van der Waals surface area contributed by atoms with Crippen LogP contribution >= 0.6 is 0 Å². The number of nitrogens with zero attached hydrogens (tertiary/aromatic N) is 3. The molecule has 1 aliphatic rings. The van der Waals surface area contributed by atoms with Crippen molar-refractivity contribution in [1.29, 1.82) is 0 Å². The molecule has 0 aliphatic carbocycles. The molecule has 0 amide bonds. The highest BCUT2D eigenvalue weighted by atomic mass is 15.6. The van der Waals surface area contributed by atoms with Crippen LogP contribution in [0.4, 0.5) is 0 Å². The Morgan fingerprint density at radius 3 is 2.47 bits per heavy atom. The van der Waals surface area contributed by atoms with E-state index in [-0.39, 0.29) is 0 Å². The van der Waals surface area contributed by atoms with E-state index in [9.17, 15) is 0 Å². The van der Waals surface area contributed by atoms with Crippen molar-refractivity contribution in [2.24, 2.45) is 5.10 Å².